The summed E-state index contributed by atoms with van der Waals surface area (Å²) >= 11 is 0. The number of anilines is 1. The lowest BCUT2D eigenvalue weighted by Crippen LogP contribution is -2.22. The second-order valence-electron chi connectivity index (χ2n) is 5.72. The van der Waals surface area contributed by atoms with Gasteiger partial charge in [-0.2, -0.15) is 5.26 Å². The fourth-order valence-electron chi connectivity index (χ4n) is 2.42. The lowest BCUT2D eigenvalue weighted by atomic mass is 9.94. The summed E-state index contributed by atoms with van der Waals surface area (Å²) in [7, 11) is 0. The zero-order valence-electron chi connectivity index (χ0n) is 13.8. The molecule has 3 N–H and O–H groups in total. The Hall–Kier alpha value is -3.04. The second kappa shape index (κ2) is 8.71. The fourth-order valence-corrected chi connectivity index (χ4v) is 2.42. The van der Waals surface area contributed by atoms with Crippen LogP contribution in [-0.2, 0) is 4.74 Å². The summed E-state index contributed by atoms with van der Waals surface area (Å²) in [4.78, 5) is 12.2. The molecule has 0 radical (unpaired) electrons. The summed E-state index contributed by atoms with van der Waals surface area (Å²) in [5, 5.41) is 30.0. The molecule has 130 valence electrons. The minimum absolute atomic E-state index is 0.0175. The number of nitrogens with one attached hydrogen (secondary N) is 1. The Labute approximate surface area is 146 Å². The first-order chi connectivity index (χ1) is 12.0. The number of aliphatic hydroxyl groups is 1. The Balaban J connectivity index is 2.10. The third-order valence-electron chi connectivity index (χ3n) is 3.82. The van der Waals surface area contributed by atoms with Crippen molar-refractivity contribution in [3.05, 3.63) is 59.7 Å². The first-order valence-electron chi connectivity index (χ1n) is 7.91. The van der Waals surface area contributed by atoms with E-state index in [2.05, 4.69) is 5.32 Å². The predicted octanol–water partition coefficient (Wildman–Crippen LogP) is 3.57. The molecular weight excluding hydrogens is 320 g/mol. The average molecular weight is 340 g/mol. The number of hydrogen-bond donors (Lipinski definition) is 3. The van der Waals surface area contributed by atoms with E-state index >= 15 is 0 Å². The van der Waals surface area contributed by atoms with Crippen molar-refractivity contribution in [1.82, 2.24) is 0 Å². The highest BCUT2D eigenvalue weighted by atomic mass is 16.6. The van der Waals surface area contributed by atoms with E-state index in [0.717, 1.165) is 5.56 Å². The lowest BCUT2D eigenvalue weighted by Gasteiger charge is -2.24. The molecule has 1 amide bonds. The quantitative estimate of drug-likeness (QED) is 0.746. The Morgan fingerprint density at radius 3 is 2.40 bits per heavy atom. The number of benzene rings is 2. The van der Waals surface area contributed by atoms with Gasteiger partial charge in [-0.15, -0.1) is 0 Å². The third-order valence-corrected chi connectivity index (χ3v) is 3.82. The number of phenols is 1. The van der Waals surface area contributed by atoms with Crippen LogP contribution in [0.15, 0.2) is 48.5 Å². The molecule has 0 aliphatic carbocycles. The van der Waals surface area contributed by atoms with Gasteiger partial charge in [-0.1, -0.05) is 19.1 Å². The molecule has 2 rings (SSSR count). The number of ether oxygens (including phenoxy) is 1. The molecule has 6 nitrogen and oxygen atoms in total. The van der Waals surface area contributed by atoms with Crippen LogP contribution < -0.4 is 5.32 Å². The van der Waals surface area contributed by atoms with Crippen LogP contribution in [0.3, 0.4) is 0 Å². The van der Waals surface area contributed by atoms with Gasteiger partial charge in [-0.05, 0) is 54.3 Å². The first kappa shape index (κ1) is 18.3. The Bertz CT molecular complexity index is 736. The van der Waals surface area contributed by atoms with Crippen molar-refractivity contribution in [3.63, 3.8) is 0 Å². The van der Waals surface area contributed by atoms with Crippen LogP contribution in [0, 0.1) is 17.2 Å². The van der Waals surface area contributed by atoms with E-state index in [0.29, 0.717) is 17.7 Å². The van der Waals surface area contributed by atoms with Gasteiger partial charge in [0.25, 0.3) is 0 Å². The molecule has 0 unspecified atom stereocenters. The number of carbonyl (C=O) groups excluding carboxylic acids is 1. The number of amides is 1. The van der Waals surface area contributed by atoms with Crippen LogP contribution in [0.5, 0.6) is 5.75 Å². The SMILES string of the molecule is C[C@@H](CCO)[C@H](OC(=O)Nc1ccc(C#N)cc1)c1ccc(O)cc1. The first-order valence-corrected chi connectivity index (χ1v) is 7.91. The molecule has 0 bridgehead atoms. The fraction of sp³-hybridized carbons (Fsp3) is 0.263. The van der Waals surface area contributed by atoms with Crippen molar-refractivity contribution < 1.29 is 19.7 Å². The number of nitrogens with zero attached hydrogens (tertiary/aromatic N) is 1. The molecule has 2 atom stereocenters. The molecule has 0 saturated heterocycles. The van der Waals surface area contributed by atoms with Crippen molar-refractivity contribution in [3.8, 4) is 11.8 Å². The Kier molecular flexibility index (Phi) is 6.38. The molecular formula is C19H20N2O4. The largest absolute Gasteiger partial charge is 0.508 e. The molecule has 2 aromatic rings. The van der Waals surface area contributed by atoms with Crippen LogP contribution in [0.2, 0.25) is 0 Å². The van der Waals surface area contributed by atoms with E-state index in [1.54, 1.807) is 36.4 Å². The monoisotopic (exact) mass is 340 g/mol. The molecule has 0 aliphatic heterocycles. The van der Waals surface area contributed by atoms with E-state index in [-0.39, 0.29) is 18.3 Å². The summed E-state index contributed by atoms with van der Waals surface area (Å²) in [6.45, 7) is 1.86. The van der Waals surface area contributed by atoms with Crippen LogP contribution in [0.25, 0.3) is 0 Å². The number of hydrogen-bond acceptors (Lipinski definition) is 5. The standard InChI is InChI=1S/C19H20N2O4/c1-13(10-11-22)18(15-4-8-17(23)9-5-15)25-19(24)21-16-6-2-14(12-20)3-7-16/h2-9,13,18,22-23H,10-11H2,1H3,(H,21,24)/t13-,18-/m0/s1. The smallest absolute Gasteiger partial charge is 0.412 e. The summed E-state index contributed by atoms with van der Waals surface area (Å²) in [5.74, 6) is 0.0144. The number of aliphatic hydroxyl groups excluding tert-OH is 1. The van der Waals surface area contributed by atoms with E-state index in [4.69, 9.17) is 10.00 Å². The van der Waals surface area contributed by atoms with Crippen LogP contribution in [0.4, 0.5) is 10.5 Å². The maximum atomic E-state index is 12.2. The van der Waals surface area contributed by atoms with Gasteiger partial charge in [-0.3, -0.25) is 5.32 Å². The minimum Gasteiger partial charge on any atom is -0.508 e. The minimum atomic E-state index is -0.632. The molecule has 0 saturated carbocycles. The summed E-state index contributed by atoms with van der Waals surface area (Å²) in [6, 6.07) is 14.9. The van der Waals surface area contributed by atoms with Crippen LogP contribution >= 0.6 is 0 Å². The average Bonchev–Trinajstić information content (AvgIpc) is 2.61. The second-order valence-corrected chi connectivity index (χ2v) is 5.72. The summed E-state index contributed by atoms with van der Waals surface area (Å²) in [6.07, 6.45) is -0.728. The van der Waals surface area contributed by atoms with E-state index in [1.165, 1.54) is 12.1 Å². The van der Waals surface area contributed by atoms with Crippen molar-refractivity contribution in [2.24, 2.45) is 5.92 Å². The van der Waals surface area contributed by atoms with Crippen molar-refractivity contribution in [1.29, 1.82) is 5.26 Å². The van der Waals surface area contributed by atoms with E-state index in [1.807, 2.05) is 13.0 Å². The number of rotatable bonds is 6. The molecule has 25 heavy (non-hydrogen) atoms. The Morgan fingerprint density at radius 2 is 1.84 bits per heavy atom. The third kappa shape index (κ3) is 5.23. The highest BCUT2D eigenvalue weighted by Crippen LogP contribution is 2.30. The topological polar surface area (TPSA) is 103 Å². The molecule has 2 aromatic carbocycles. The van der Waals surface area contributed by atoms with Gasteiger partial charge >= 0.3 is 6.09 Å². The van der Waals surface area contributed by atoms with Gasteiger partial charge in [0.1, 0.15) is 11.9 Å². The van der Waals surface area contributed by atoms with E-state index in [9.17, 15) is 15.0 Å². The number of carbonyl (C=O) groups is 1. The van der Waals surface area contributed by atoms with Crippen molar-refractivity contribution >= 4 is 11.8 Å². The highest BCUT2D eigenvalue weighted by molar-refractivity contribution is 5.84. The van der Waals surface area contributed by atoms with Gasteiger partial charge in [0, 0.05) is 12.3 Å². The van der Waals surface area contributed by atoms with Gasteiger partial charge in [0.2, 0.25) is 0 Å². The normalized spacial score (nSPS) is 12.7. The lowest BCUT2D eigenvalue weighted by molar-refractivity contribution is 0.0667. The Morgan fingerprint density at radius 1 is 1.20 bits per heavy atom. The highest BCUT2D eigenvalue weighted by Gasteiger charge is 2.23. The molecule has 6 heteroatoms. The molecule has 0 aliphatic rings. The number of nitriles is 1. The van der Waals surface area contributed by atoms with Gasteiger partial charge in [-0.25, -0.2) is 4.79 Å². The van der Waals surface area contributed by atoms with Gasteiger partial charge < -0.3 is 14.9 Å². The van der Waals surface area contributed by atoms with E-state index < -0.39 is 12.2 Å². The maximum absolute atomic E-state index is 12.2. The number of phenolic OH excluding ortho intramolecular Hbond substituents is 1. The molecule has 0 heterocycles. The van der Waals surface area contributed by atoms with Gasteiger partial charge in [0.15, 0.2) is 0 Å². The maximum Gasteiger partial charge on any atom is 0.412 e. The predicted molar refractivity (Wildman–Crippen MR) is 93.0 cm³/mol. The molecule has 0 aromatic heterocycles. The zero-order valence-corrected chi connectivity index (χ0v) is 13.8. The molecule has 0 fully saturated rings. The van der Waals surface area contributed by atoms with Crippen LogP contribution in [-0.4, -0.2) is 22.9 Å². The summed E-state index contributed by atoms with van der Waals surface area (Å²) < 4.78 is 5.54. The van der Waals surface area contributed by atoms with Crippen molar-refractivity contribution in [2.45, 2.75) is 19.4 Å². The van der Waals surface area contributed by atoms with Crippen LogP contribution in [0.1, 0.15) is 30.6 Å². The van der Waals surface area contributed by atoms with Crippen molar-refractivity contribution in [2.75, 3.05) is 11.9 Å². The summed E-state index contributed by atoms with van der Waals surface area (Å²) in [5.41, 5.74) is 1.74. The zero-order chi connectivity index (χ0) is 18.2. The molecule has 0 spiro atoms. The van der Waals surface area contributed by atoms with Gasteiger partial charge in [0.05, 0.1) is 11.6 Å². The number of aromatic hydroxyl groups is 1.